The standard InChI is InChI=1S/C20H21F3N4O4S/c1-29-17(24)16-7-25-20(32-16)27-8-12(9-27)26-18(28)10-4-13(5-10)30-15-6-11(21)2-3-14(15)31-19(22)23/h2-3,6-7,10,12-13,19,24H,4-5,8-9H2,1H3,(H,26,28). The van der Waals surface area contributed by atoms with E-state index >= 15 is 0 Å². The lowest BCUT2D eigenvalue weighted by molar-refractivity contribution is -0.131. The molecule has 172 valence electrons. The Balaban J connectivity index is 1.21. The van der Waals surface area contributed by atoms with Crippen molar-refractivity contribution in [1.29, 1.82) is 5.41 Å². The molecule has 0 radical (unpaired) electrons. The third-order valence-electron chi connectivity index (χ3n) is 5.30. The highest BCUT2D eigenvalue weighted by atomic mass is 32.1. The monoisotopic (exact) mass is 470 g/mol. The fourth-order valence-corrected chi connectivity index (χ4v) is 4.35. The molecule has 0 unspecified atom stereocenters. The van der Waals surface area contributed by atoms with Gasteiger partial charge in [-0.05, 0) is 25.0 Å². The summed E-state index contributed by atoms with van der Waals surface area (Å²) in [6, 6.07) is 3.08. The number of hydrogen-bond acceptors (Lipinski definition) is 8. The average Bonchev–Trinajstić information content (AvgIpc) is 3.17. The maximum Gasteiger partial charge on any atom is 0.387 e. The molecule has 2 fully saturated rings. The summed E-state index contributed by atoms with van der Waals surface area (Å²) in [7, 11) is 1.43. The van der Waals surface area contributed by atoms with Crippen molar-refractivity contribution in [2.75, 3.05) is 25.1 Å². The number of ether oxygens (including phenoxy) is 3. The van der Waals surface area contributed by atoms with Crippen LogP contribution in [0.2, 0.25) is 0 Å². The molecule has 0 atom stereocenters. The van der Waals surface area contributed by atoms with Crippen LogP contribution in [0.5, 0.6) is 11.5 Å². The number of carbonyl (C=O) groups is 1. The molecule has 1 aromatic carbocycles. The zero-order chi connectivity index (χ0) is 22.8. The third-order valence-corrected chi connectivity index (χ3v) is 6.36. The number of anilines is 1. The molecular weight excluding hydrogens is 449 g/mol. The highest BCUT2D eigenvalue weighted by Gasteiger charge is 2.39. The molecule has 1 amide bonds. The van der Waals surface area contributed by atoms with Gasteiger partial charge in [-0.15, -0.1) is 0 Å². The number of hydrogen-bond donors (Lipinski definition) is 2. The number of benzene rings is 1. The van der Waals surface area contributed by atoms with Crippen molar-refractivity contribution in [2.45, 2.75) is 31.6 Å². The van der Waals surface area contributed by atoms with Crippen molar-refractivity contribution < 1.29 is 32.2 Å². The van der Waals surface area contributed by atoms with Crippen molar-refractivity contribution in [3.05, 3.63) is 35.1 Å². The Morgan fingerprint density at radius 3 is 2.75 bits per heavy atom. The van der Waals surface area contributed by atoms with Crippen molar-refractivity contribution in [3.63, 3.8) is 0 Å². The number of alkyl halides is 2. The van der Waals surface area contributed by atoms with E-state index in [-0.39, 0.29) is 41.4 Å². The molecule has 1 aromatic heterocycles. The van der Waals surface area contributed by atoms with E-state index in [0.717, 1.165) is 23.3 Å². The smallest absolute Gasteiger partial charge is 0.387 e. The van der Waals surface area contributed by atoms with Crippen LogP contribution in [-0.2, 0) is 9.53 Å². The Bertz CT molecular complexity index is 993. The lowest BCUT2D eigenvalue weighted by atomic mass is 9.81. The molecular formula is C20H21F3N4O4S. The van der Waals surface area contributed by atoms with Crippen LogP contribution >= 0.6 is 11.3 Å². The predicted molar refractivity (Wildman–Crippen MR) is 110 cm³/mol. The first-order valence-electron chi connectivity index (χ1n) is 9.87. The second kappa shape index (κ2) is 9.23. The third kappa shape index (κ3) is 4.90. The fraction of sp³-hybridized carbons (Fsp3) is 0.450. The molecule has 1 aliphatic carbocycles. The lowest BCUT2D eigenvalue weighted by Crippen LogP contribution is -2.61. The van der Waals surface area contributed by atoms with E-state index in [1.165, 1.54) is 18.4 Å². The van der Waals surface area contributed by atoms with E-state index in [2.05, 4.69) is 15.0 Å². The summed E-state index contributed by atoms with van der Waals surface area (Å²) in [6.45, 7) is -1.82. The Hall–Kier alpha value is -3.02. The van der Waals surface area contributed by atoms with Gasteiger partial charge in [0.05, 0.1) is 19.3 Å². The summed E-state index contributed by atoms with van der Waals surface area (Å²) in [5.74, 6) is -1.26. The van der Waals surface area contributed by atoms with E-state index < -0.39 is 12.4 Å². The molecule has 1 saturated carbocycles. The number of rotatable bonds is 8. The molecule has 0 spiro atoms. The Labute approximate surface area is 185 Å². The molecule has 1 aliphatic heterocycles. The van der Waals surface area contributed by atoms with E-state index in [1.807, 2.05) is 4.90 Å². The quantitative estimate of drug-likeness (QED) is 0.455. The summed E-state index contributed by atoms with van der Waals surface area (Å²) < 4.78 is 53.3. The van der Waals surface area contributed by atoms with Gasteiger partial charge in [0.1, 0.15) is 16.8 Å². The number of halogens is 3. The molecule has 12 heteroatoms. The first kappa shape index (κ1) is 22.2. The number of nitrogens with zero attached hydrogens (tertiary/aromatic N) is 2. The SMILES string of the molecule is COC(=N)c1cnc(N2CC(NC(=O)C3CC(Oc4cc(F)ccc4OC(F)F)C3)C2)s1. The van der Waals surface area contributed by atoms with E-state index in [0.29, 0.717) is 30.8 Å². The van der Waals surface area contributed by atoms with Crippen LogP contribution < -0.4 is 19.7 Å². The molecule has 32 heavy (non-hydrogen) atoms. The lowest BCUT2D eigenvalue weighted by Gasteiger charge is -2.41. The van der Waals surface area contributed by atoms with Crippen LogP contribution in [0.15, 0.2) is 24.4 Å². The zero-order valence-electron chi connectivity index (χ0n) is 17.0. The van der Waals surface area contributed by atoms with Crippen molar-refractivity contribution in [3.8, 4) is 11.5 Å². The van der Waals surface area contributed by atoms with Gasteiger partial charge in [-0.25, -0.2) is 9.37 Å². The molecule has 1 saturated heterocycles. The number of amides is 1. The summed E-state index contributed by atoms with van der Waals surface area (Å²) in [4.78, 5) is 19.4. The maximum atomic E-state index is 13.5. The van der Waals surface area contributed by atoms with Crippen molar-refractivity contribution in [2.24, 2.45) is 5.92 Å². The van der Waals surface area contributed by atoms with Crippen LogP contribution in [0.25, 0.3) is 0 Å². The Kier molecular flexibility index (Phi) is 6.40. The van der Waals surface area contributed by atoms with Gasteiger partial charge in [-0.1, -0.05) is 11.3 Å². The Morgan fingerprint density at radius 2 is 2.06 bits per heavy atom. The first-order chi connectivity index (χ1) is 15.3. The number of methoxy groups -OCH3 is 1. The van der Waals surface area contributed by atoms with Crippen molar-refractivity contribution >= 4 is 28.3 Å². The minimum absolute atomic E-state index is 0.00837. The summed E-state index contributed by atoms with van der Waals surface area (Å²) in [6.07, 6.45) is 2.02. The highest BCUT2D eigenvalue weighted by molar-refractivity contribution is 7.17. The molecule has 2 aromatic rings. The minimum atomic E-state index is -3.05. The van der Waals surface area contributed by atoms with Gasteiger partial charge in [0.2, 0.25) is 11.8 Å². The summed E-state index contributed by atoms with van der Waals surface area (Å²) in [5, 5.41) is 11.4. The van der Waals surface area contributed by atoms with Crippen LogP contribution in [0.1, 0.15) is 17.7 Å². The molecule has 2 heterocycles. The normalized spacial score (nSPS) is 20.3. The van der Waals surface area contributed by atoms with E-state index in [1.54, 1.807) is 6.20 Å². The van der Waals surface area contributed by atoms with Crippen LogP contribution in [-0.4, -0.2) is 55.7 Å². The molecule has 0 bridgehead atoms. The topological polar surface area (TPSA) is 96.8 Å². The summed E-state index contributed by atoms with van der Waals surface area (Å²) in [5.41, 5.74) is 0. The second-order valence-electron chi connectivity index (χ2n) is 7.53. The maximum absolute atomic E-state index is 13.5. The number of thiazole rings is 1. The van der Waals surface area contributed by atoms with Gasteiger partial charge >= 0.3 is 6.61 Å². The average molecular weight is 470 g/mol. The molecule has 2 aliphatic rings. The van der Waals surface area contributed by atoms with Gasteiger partial charge in [0.15, 0.2) is 16.6 Å². The number of carbonyl (C=O) groups excluding carboxylic acids is 1. The van der Waals surface area contributed by atoms with E-state index in [4.69, 9.17) is 14.9 Å². The first-order valence-corrected chi connectivity index (χ1v) is 10.7. The second-order valence-corrected chi connectivity index (χ2v) is 8.54. The largest absolute Gasteiger partial charge is 0.486 e. The van der Waals surface area contributed by atoms with Crippen LogP contribution in [0.4, 0.5) is 18.3 Å². The van der Waals surface area contributed by atoms with Gasteiger partial charge < -0.3 is 24.4 Å². The van der Waals surface area contributed by atoms with Crippen LogP contribution in [0.3, 0.4) is 0 Å². The predicted octanol–water partition coefficient (Wildman–Crippen LogP) is 3.02. The number of nitrogens with one attached hydrogen (secondary N) is 2. The molecule has 8 nitrogen and oxygen atoms in total. The molecule has 2 N–H and O–H groups in total. The zero-order valence-corrected chi connectivity index (χ0v) is 17.8. The van der Waals surface area contributed by atoms with Crippen LogP contribution in [0, 0.1) is 17.1 Å². The van der Waals surface area contributed by atoms with Gasteiger partial charge in [-0.3, -0.25) is 10.2 Å². The van der Waals surface area contributed by atoms with E-state index in [9.17, 15) is 18.0 Å². The highest BCUT2D eigenvalue weighted by Crippen LogP contribution is 2.37. The number of aromatic nitrogens is 1. The van der Waals surface area contributed by atoms with Crippen molar-refractivity contribution in [1.82, 2.24) is 10.3 Å². The van der Waals surface area contributed by atoms with Gasteiger partial charge in [0, 0.05) is 25.1 Å². The fourth-order valence-electron chi connectivity index (χ4n) is 3.48. The molecule has 4 rings (SSSR count). The van der Waals surface area contributed by atoms with Gasteiger partial charge in [0.25, 0.3) is 0 Å². The minimum Gasteiger partial charge on any atom is -0.486 e. The Morgan fingerprint density at radius 1 is 1.31 bits per heavy atom. The van der Waals surface area contributed by atoms with Gasteiger partial charge in [-0.2, -0.15) is 8.78 Å². The summed E-state index contributed by atoms with van der Waals surface area (Å²) >= 11 is 1.35.